The van der Waals surface area contributed by atoms with Crippen LogP contribution in [0, 0.1) is 6.92 Å². The zero-order valence-corrected chi connectivity index (χ0v) is 10.9. The van der Waals surface area contributed by atoms with E-state index in [2.05, 4.69) is 10.3 Å². The molecule has 0 radical (unpaired) electrons. The van der Waals surface area contributed by atoms with Crippen molar-refractivity contribution in [1.82, 2.24) is 9.78 Å². The lowest BCUT2D eigenvalue weighted by molar-refractivity contribution is 0.298. The van der Waals surface area contributed by atoms with E-state index in [0.717, 1.165) is 11.3 Å². The van der Waals surface area contributed by atoms with Gasteiger partial charge in [-0.2, -0.15) is 5.10 Å². The Kier molecular flexibility index (Phi) is 3.70. The number of ether oxygens (including phenoxy) is 1. The van der Waals surface area contributed by atoms with Gasteiger partial charge in [-0.25, -0.2) is 0 Å². The van der Waals surface area contributed by atoms with Crippen LogP contribution in [0.2, 0.25) is 0 Å². The minimum absolute atomic E-state index is 0.0580. The smallest absolute Gasteiger partial charge is 0.170 e. The molecular weight excluding hydrogens is 244 g/mol. The summed E-state index contributed by atoms with van der Waals surface area (Å²) in [4.78, 5) is 0. The van der Waals surface area contributed by atoms with Gasteiger partial charge in [0.2, 0.25) is 0 Å². The number of rotatable bonds is 4. The van der Waals surface area contributed by atoms with Crippen LogP contribution in [0.5, 0.6) is 5.75 Å². The Balaban J connectivity index is 2.15. The summed E-state index contributed by atoms with van der Waals surface area (Å²) in [6.45, 7) is 2.31. The molecule has 0 aliphatic carbocycles. The molecule has 0 saturated heterocycles. The second-order valence-corrected chi connectivity index (χ2v) is 4.23. The van der Waals surface area contributed by atoms with E-state index in [9.17, 15) is 0 Å². The molecule has 0 saturated carbocycles. The average Bonchev–Trinajstić information content (AvgIpc) is 2.82. The van der Waals surface area contributed by atoms with Crippen molar-refractivity contribution in [2.24, 2.45) is 17.9 Å². The third-order valence-corrected chi connectivity index (χ3v) is 2.74. The molecule has 2 rings (SSSR count). The highest BCUT2D eigenvalue weighted by Gasteiger charge is 2.06. The van der Waals surface area contributed by atoms with Gasteiger partial charge in [-0.15, -0.1) is 0 Å². The lowest BCUT2D eigenvalue weighted by Gasteiger charge is -2.09. The van der Waals surface area contributed by atoms with Crippen molar-refractivity contribution in [1.29, 1.82) is 0 Å². The fourth-order valence-corrected chi connectivity index (χ4v) is 1.66. The number of nitrogens with two attached hydrogens (primary N) is 1. The van der Waals surface area contributed by atoms with Crippen LogP contribution in [0.25, 0.3) is 0 Å². The van der Waals surface area contributed by atoms with Crippen LogP contribution >= 0.6 is 0 Å². The minimum atomic E-state index is 0.0580. The average molecular weight is 260 g/mol. The Morgan fingerprint density at radius 1 is 1.47 bits per heavy atom. The first kappa shape index (κ1) is 12.9. The largest absolute Gasteiger partial charge is 0.487 e. The van der Waals surface area contributed by atoms with Gasteiger partial charge in [0.05, 0.1) is 5.69 Å². The van der Waals surface area contributed by atoms with Gasteiger partial charge in [-0.05, 0) is 24.6 Å². The fourth-order valence-electron chi connectivity index (χ4n) is 1.66. The third kappa shape index (κ3) is 3.04. The number of aryl methyl sites for hydroxylation is 2. The topological polar surface area (TPSA) is 85.7 Å². The Morgan fingerprint density at radius 3 is 2.89 bits per heavy atom. The van der Waals surface area contributed by atoms with Crippen LogP contribution in [0.4, 0.5) is 0 Å². The monoisotopic (exact) mass is 260 g/mol. The van der Waals surface area contributed by atoms with Crippen molar-refractivity contribution in [2.75, 3.05) is 0 Å². The fraction of sp³-hybridized carbons (Fsp3) is 0.231. The van der Waals surface area contributed by atoms with Crippen LogP contribution in [0.15, 0.2) is 35.6 Å². The summed E-state index contributed by atoms with van der Waals surface area (Å²) in [6, 6.07) is 7.27. The van der Waals surface area contributed by atoms with Gasteiger partial charge in [0.25, 0.3) is 0 Å². The van der Waals surface area contributed by atoms with Crippen molar-refractivity contribution >= 4 is 5.84 Å². The number of benzene rings is 1. The standard InChI is InChI=1S/C13H16N4O2/c1-9-3-4-10(13(14)16-18)7-12(9)19-8-11-5-6-17(2)15-11/h3-7,18H,8H2,1-2H3,(H2,14,16). The molecular formula is C13H16N4O2. The van der Waals surface area contributed by atoms with Crippen LogP contribution in [0.3, 0.4) is 0 Å². The molecule has 1 aromatic carbocycles. The molecule has 6 nitrogen and oxygen atoms in total. The first-order valence-electron chi connectivity index (χ1n) is 5.80. The number of hydrogen-bond acceptors (Lipinski definition) is 4. The summed E-state index contributed by atoms with van der Waals surface area (Å²) >= 11 is 0. The number of nitrogens with zero attached hydrogens (tertiary/aromatic N) is 3. The molecule has 0 fully saturated rings. The van der Waals surface area contributed by atoms with E-state index in [1.807, 2.05) is 32.3 Å². The summed E-state index contributed by atoms with van der Waals surface area (Å²) in [5, 5.41) is 15.9. The number of oxime groups is 1. The molecule has 0 atom stereocenters. The van der Waals surface area contributed by atoms with Gasteiger partial charge in [-0.1, -0.05) is 17.3 Å². The van der Waals surface area contributed by atoms with Gasteiger partial charge in [0.15, 0.2) is 5.84 Å². The molecule has 0 spiro atoms. The number of amidine groups is 1. The first-order valence-corrected chi connectivity index (χ1v) is 5.80. The second-order valence-electron chi connectivity index (χ2n) is 4.23. The molecule has 19 heavy (non-hydrogen) atoms. The highest BCUT2D eigenvalue weighted by atomic mass is 16.5. The number of aromatic nitrogens is 2. The molecule has 0 bridgehead atoms. The lowest BCUT2D eigenvalue weighted by Crippen LogP contribution is -2.13. The molecule has 3 N–H and O–H groups in total. The van der Waals surface area contributed by atoms with Crippen molar-refractivity contribution in [2.45, 2.75) is 13.5 Å². The van der Waals surface area contributed by atoms with Crippen molar-refractivity contribution in [3.05, 3.63) is 47.3 Å². The van der Waals surface area contributed by atoms with Crippen LogP contribution in [-0.2, 0) is 13.7 Å². The summed E-state index contributed by atoms with van der Waals surface area (Å²) in [5.74, 6) is 0.748. The Labute approximate surface area is 111 Å². The van der Waals surface area contributed by atoms with E-state index in [1.165, 1.54) is 0 Å². The highest BCUT2D eigenvalue weighted by molar-refractivity contribution is 5.97. The summed E-state index contributed by atoms with van der Waals surface area (Å²) in [6.07, 6.45) is 1.86. The SMILES string of the molecule is Cc1ccc(/C(N)=N/O)cc1OCc1ccn(C)n1. The molecule has 100 valence electrons. The Morgan fingerprint density at radius 2 is 2.26 bits per heavy atom. The summed E-state index contributed by atoms with van der Waals surface area (Å²) in [7, 11) is 1.85. The molecule has 1 aromatic heterocycles. The maximum absolute atomic E-state index is 8.67. The second kappa shape index (κ2) is 5.43. The molecule has 6 heteroatoms. The van der Waals surface area contributed by atoms with E-state index in [4.69, 9.17) is 15.7 Å². The van der Waals surface area contributed by atoms with E-state index in [0.29, 0.717) is 17.9 Å². The van der Waals surface area contributed by atoms with Gasteiger partial charge >= 0.3 is 0 Å². The van der Waals surface area contributed by atoms with Gasteiger partial charge in [0, 0.05) is 18.8 Å². The van der Waals surface area contributed by atoms with Crippen LogP contribution in [0.1, 0.15) is 16.8 Å². The molecule has 0 aliphatic rings. The number of hydrogen-bond donors (Lipinski definition) is 2. The molecule has 2 aromatic rings. The summed E-state index contributed by atoms with van der Waals surface area (Å²) < 4.78 is 7.42. The Bertz CT molecular complexity index is 604. The predicted octanol–water partition coefficient (Wildman–Crippen LogP) is 1.40. The lowest BCUT2D eigenvalue weighted by atomic mass is 10.1. The van der Waals surface area contributed by atoms with Gasteiger partial charge in [-0.3, -0.25) is 4.68 Å². The Hall–Kier alpha value is -2.50. The van der Waals surface area contributed by atoms with E-state index >= 15 is 0 Å². The normalized spacial score (nSPS) is 11.6. The van der Waals surface area contributed by atoms with Crippen molar-refractivity contribution in [3.8, 4) is 5.75 Å². The minimum Gasteiger partial charge on any atom is -0.487 e. The van der Waals surface area contributed by atoms with Crippen LogP contribution < -0.4 is 10.5 Å². The summed E-state index contributed by atoms with van der Waals surface area (Å²) in [5.41, 5.74) is 7.99. The zero-order valence-electron chi connectivity index (χ0n) is 10.9. The first-order chi connectivity index (χ1) is 9.10. The third-order valence-electron chi connectivity index (χ3n) is 2.74. The molecule has 0 amide bonds. The maximum Gasteiger partial charge on any atom is 0.170 e. The highest BCUT2D eigenvalue weighted by Crippen LogP contribution is 2.20. The van der Waals surface area contributed by atoms with Gasteiger partial charge < -0.3 is 15.7 Å². The van der Waals surface area contributed by atoms with Gasteiger partial charge in [0.1, 0.15) is 12.4 Å². The van der Waals surface area contributed by atoms with E-state index in [1.54, 1.807) is 16.8 Å². The molecule has 1 heterocycles. The maximum atomic E-state index is 8.67. The quantitative estimate of drug-likeness (QED) is 0.376. The zero-order chi connectivity index (χ0) is 13.8. The van der Waals surface area contributed by atoms with Crippen molar-refractivity contribution in [3.63, 3.8) is 0 Å². The molecule has 0 unspecified atom stereocenters. The van der Waals surface area contributed by atoms with Crippen molar-refractivity contribution < 1.29 is 9.94 Å². The molecule has 0 aliphatic heterocycles. The van der Waals surface area contributed by atoms with E-state index < -0.39 is 0 Å². The predicted molar refractivity (Wildman–Crippen MR) is 71.2 cm³/mol. The van der Waals surface area contributed by atoms with Crippen LogP contribution in [-0.4, -0.2) is 20.8 Å². The van der Waals surface area contributed by atoms with E-state index in [-0.39, 0.29) is 5.84 Å².